The van der Waals surface area contributed by atoms with Gasteiger partial charge in [0.2, 0.25) is 0 Å². The topological polar surface area (TPSA) is 166 Å². The van der Waals surface area contributed by atoms with Crippen LogP contribution in [0.2, 0.25) is 5.02 Å². The van der Waals surface area contributed by atoms with Crippen LogP contribution in [0, 0.1) is 11.7 Å². The largest absolute Gasteiger partial charge is 0.375 e. The van der Waals surface area contributed by atoms with Gasteiger partial charge in [-0.15, -0.1) is 11.3 Å². The predicted molar refractivity (Wildman–Crippen MR) is 191 cm³/mol. The van der Waals surface area contributed by atoms with Gasteiger partial charge in [-0.1, -0.05) is 44.0 Å². The molecule has 0 saturated carbocycles. The highest BCUT2D eigenvalue weighted by atomic mass is 35.5. The van der Waals surface area contributed by atoms with Gasteiger partial charge in [-0.05, 0) is 79.5 Å². The normalized spacial score (nSPS) is 12.2. The number of nitrogen functional groups attached to an aromatic ring is 1. The Morgan fingerprint density at radius 2 is 1.89 bits per heavy atom. The molecule has 2 aromatic carbocycles. The predicted octanol–water partition coefficient (Wildman–Crippen LogP) is 5.95. The van der Waals surface area contributed by atoms with Crippen LogP contribution in [0.15, 0.2) is 64.6 Å². The molecule has 0 spiro atoms. The summed E-state index contributed by atoms with van der Waals surface area (Å²) < 4.78 is 16.7. The van der Waals surface area contributed by atoms with Crippen LogP contribution in [-0.4, -0.2) is 38.1 Å². The van der Waals surface area contributed by atoms with Crippen molar-refractivity contribution in [3.05, 3.63) is 92.2 Å². The van der Waals surface area contributed by atoms with Crippen LogP contribution in [-0.2, 0) is 19.4 Å². The number of aromatic amines is 1. The molecule has 0 fully saturated rings. The molecule has 13 heteroatoms. The van der Waals surface area contributed by atoms with E-state index in [2.05, 4.69) is 39.1 Å². The minimum Gasteiger partial charge on any atom is -0.375 e. The highest BCUT2D eigenvalue weighted by molar-refractivity contribution is 7.15. The second-order valence-corrected chi connectivity index (χ2v) is 13.7. The number of nitrogens with two attached hydrogens (primary N) is 3. The number of nitrogens with zero attached hydrogens (tertiary/aromatic N) is 4. The Bertz CT molecular complexity index is 1890. The fraction of sp³-hybridized carbons (Fsp3) is 0.353. The average Bonchev–Trinajstić information content (AvgIpc) is 3.64. The molecule has 47 heavy (non-hydrogen) atoms. The zero-order valence-corrected chi connectivity index (χ0v) is 28.2. The fourth-order valence-corrected chi connectivity index (χ4v) is 6.45. The van der Waals surface area contributed by atoms with E-state index in [1.165, 1.54) is 15.9 Å². The Balaban J connectivity index is 1.29. The maximum atomic E-state index is 15.2. The summed E-state index contributed by atoms with van der Waals surface area (Å²) in [6, 6.07) is 13.2. The minimum atomic E-state index is -0.503. The van der Waals surface area contributed by atoms with Crippen molar-refractivity contribution in [2.45, 2.75) is 65.0 Å². The maximum absolute atomic E-state index is 15.2. The van der Waals surface area contributed by atoms with Crippen molar-refractivity contribution in [2.24, 2.45) is 22.4 Å². The number of hydrogen-bond acceptors (Lipinski definition) is 7. The molecule has 5 rings (SSSR count). The van der Waals surface area contributed by atoms with Gasteiger partial charge in [0.25, 0.3) is 0 Å². The molecule has 0 aliphatic heterocycles. The number of hydrogen-bond donors (Lipinski definition) is 5. The van der Waals surface area contributed by atoms with Crippen molar-refractivity contribution in [1.29, 1.82) is 0 Å². The van der Waals surface area contributed by atoms with Crippen molar-refractivity contribution in [2.75, 3.05) is 12.3 Å². The van der Waals surface area contributed by atoms with Crippen LogP contribution in [0.3, 0.4) is 0 Å². The number of fused-ring (bicyclic) bond motifs is 1. The average molecular weight is 678 g/mol. The Labute approximate surface area is 282 Å². The van der Waals surface area contributed by atoms with Gasteiger partial charge in [-0.2, -0.15) is 4.98 Å². The summed E-state index contributed by atoms with van der Waals surface area (Å²) in [6.07, 6.45) is 8.89. The number of anilines is 1. The third-order valence-corrected chi connectivity index (χ3v) is 9.19. The summed E-state index contributed by atoms with van der Waals surface area (Å²) in [5.74, 6) is 0.167. The lowest BCUT2D eigenvalue weighted by Gasteiger charge is -2.18. The third-order valence-electron chi connectivity index (χ3n) is 8.03. The molecule has 8 N–H and O–H groups in total. The number of thiazole rings is 1. The molecule has 1 atom stereocenters. The van der Waals surface area contributed by atoms with Crippen LogP contribution in [0.25, 0.3) is 28.0 Å². The zero-order chi connectivity index (χ0) is 33.5. The van der Waals surface area contributed by atoms with Gasteiger partial charge in [0.15, 0.2) is 16.9 Å². The molecule has 0 aliphatic carbocycles. The Hall–Kier alpha value is -4.26. The SMILES string of the molecule is CC(C)CCCc1cc(Cl)c(F)c(-c2cc3cn(-c4ccc(CN[C@H](CCN=C(N)N)CCc5cnc(N)s5)cc4)c(=O)nc3[nH]2)c1. The number of halogens is 2. The van der Waals surface area contributed by atoms with Crippen LogP contribution in [0.4, 0.5) is 9.52 Å². The van der Waals surface area contributed by atoms with E-state index < -0.39 is 11.5 Å². The third kappa shape index (κ3) is 9.18. The van der Waals surface area contributed by atoms with E-state index in [-0.39, 0.29) is 17.0 Å². The quantitative estimate of drug-likeness (QED) is 0.0675. The summed E-state index contributed by atoms with van der Waals surface area (Å²) in [4.78, 5) is 29.8. The number of benzene rings is 2. The summed E-state index contributed by atoms with van der Waals surface area (Å²) in [7, 11) is 0. The van der Waals surface area contributed by atoms with Crippen molar-refractivity contribution < 1.29 is 4.39 Å². The Kier molecular flexibility index (Phi) is 11.3. The second kappa shape index (κ2) is 15.6. The van der Waals surface area contributed by atoms with Gasteiger partial charge in [-0.25, -0.2) is 14.2 Å². The van der Waals surface area contributed by atoms with E-state index in [0.717, 1.165) is 54.5 Å². The molecular formula is C34H41ClFN9OS. The first-order valence-corrected chi connectivity index (χ1v) is 16.9. The number of rotatable bonds is 15. The van der Waals surface area contributed by atoms with E-state index >= 15 is 4.39 Å². The second-order valence-electron chi connectivity index (χ2n) is 12.1. The molecule has 0 unspecified atom stereocenters. The summed E-state index contributed by atoms with van der Waals surface area (Å²) in [5, 5.41) is 4.92. The fourth-order valence-electron chi connectivity index (χ4n) is 5.51. The molecule has 10 nitrogen and oxygen atoms in total. The highest BCUT2D eigenvalue weighted by Crippen LogP contribution is 2.31. The first kappa shape index (κ1) is 34.1. The molecule has 0 amide bonds. The lowest BCUT2D eigenvalue weighted by molar-refractivity contribution is 0.457. The Morgan fingerprint density at radius 3 is 2.60 bits per heavy atom. The van der Waals surface area contributed by atoms with Crippen LogP contribution in [0.5, 0.6) is 0 Å². The number of guanidine groups is 1. The molecule has 0 bridgehead atoms. The van der Waals surface area contributed by atoms with Crippen molar-refractivity contribution in [3.63, 3.8) is 0 Å². The first-order chi connectivity index (χ1) is 22.5. The van der Waals surface area contributed by atoms with Crippen LogP contribution in [0.1, 0.15) is 55.5 Å². The number of aryl methyl sites for hydroxylation is 2. The molecule has 5 aromatic rings. The lowest BCUT2D eigenvalue weighted by atomic mass is 10.00. The lowest BCUT2D eigenvalue weighted by Crippen LogP contribution is -2.31. The number of aromatic nitrogens is 4. The van der Waals surface area contributed by atoms with E-state index in [1.807, 2.05) is 36.5 Å². The van der Waals surface area contributed by atoms with Gasteiger partial charge >= 0.3 is 5.69 Å². The smallest absolute Gasteiger partial charge is 0.354 e. The molecule has 248 valence electrons. The first-order valence-electron chi connectivity index (χ1n) is 15.7. The van der Waals surface area contributed by atoms with Crippen molar-refractivity contribution in [3.8, 4) is 16.9 Å². The zero-order valence-electron chi connectivity index (χ0n) is 26.6. The molecule has 0 radical (unpaired) electrons. The summed E-state index contributed by atoms with van der Waals surface area (Å²) in [5.41, 5.74) is 20.3. The van der Waals surface area contributed by atoms with E-state index in [9.17, 15) is 4.79 Å². The minimum absolute atomic E-state index is 0.0756. The maximum Gasteiger partial charge on any atom is 0.354 e. The Morgan fingerprint density at radius 1 is 1.11 bits per heavy atom. The van der Waals surface area contributed by atoms with Gasteiger partial charge < -0.3 is 27.5 Å². The molecular weight excluding hydrogens is 637 g/mol. The van der Waals surface area contributed by atoms with Gasteiger partial charge in [0.05, 0.1) is 16.4 Å². The van der Waals surface area contributed by atoms with Crippen LogP contribution < -0.4 is 28.2 Å². The number of H-pyrrole nitrogens is 1. The molecule has 0 saturated heterocycles. The molecule has 3 heterocycles. The monoisotopic (exact) mass is 677 g/mol. The number of aliphatic imine (C=N–C) groups is 1. The number of nitrogens with one attached hydrogen (secondary N) is 2. The van der Waals surface area contributed by atoms with E-state index in [4.69, 9.17) is 28.8 Å². The van der Waals surface area contributed by atoms with Gasteiger partial charge in [-0.3, -0.25) is 9.56 Å². The summed E-state index contributed by atoms with van der Waals surface area (Å²) in [6.45, 7) is 5.51. The van der Waals surface area contributed by atoms with Gasteiger partial charge in [0, 0.05) is 47.4 Å². The standard InChI is InChI=1S/C34H41ClFN9OS/c1-20(2)4-3-5-22-14-27(30(36)28(35)15-22)29-16-23-19-45(34(46)44-31(23)43-29)25-9-6-21(7-10-25)17-41-24(12-13-40-32(37)38)8-11-26-18-42-33(39)47-26/h6-7,9-10,14-16,18-20,24,41H,3-5,8,11-13,17H2,1-2H3,(H2,39,42)(H4,37,38,40)(H,43,44,46)/t24-/m0/s1. The molecule has 3 aromatic heterocycles. The van der Waals surface area contributed by atoms with E-state index in [0.29, 0.717) is 52.1 Å². The van der Waals surface area contributed by atoms with E-state index in [1.54, 1.807) is 18.3 Å². The van der Waals surface area contributed by atoms with Crippen molar-refractivity contribution >= 4 is 45.1 Å². The van der Waals surface area contributed by atoms with Gasteiger partial charge in [0.1, 0.15) is 5.65 Å². The summed E-state index contributed by atoms with van der Waals surface area (Å²) >= 11 is 7.78. The molecule has 0 aliphatic rings. The van der Waals surface area contributed by atoms with Crippen molar-refractivity contribution in [1.82, 2.24) is 24.8 Å². The van der Waals surface area contributed by atoms with Crippen LogP contribution >= 0.6 is 22.9 Å². The highest BCUT2D eigenvalue weighted by Gasteiger charge is 2.16.